The van der Waals surface area contributed by atoms with E-state index in [1.807, 2.05) is 20.8 Å². The molecular weight excluding hydrogens is 453 g/mol. The van der Waals surface area contributed by atoms with Gasteiger partial charge in [-0.2, -0.15) is 0 Å². The van der Waals surface area contributed by atoms with Crippen LogP contribution in [-0.2, 0) is 14.3 Å². The van der Waals surface area contributed by atoms with Gasteiger partial charge in [0.1, 0.15) is 17.5 Å². The molecule has 3 fully saturated rings. The average molecular weight is 490 g/mol. The predicted molar refractivity (Wildman–Crippen MR) is 131 cm³/mol. The summed E-state index contributed by atoms with van der Waals surface area (Å²) in [5, 5.41) is 5.33. The second-order valence-electron chi connectivity index (χ2n) is 10.5. The van der Waals surface area contributed by atoms with Crippen molar-refractivity contribution in [1.29, 1.82) is 0 Å². The fourth-order valence-corrected chi connectivity index (χ4v) is 4.95. The molecule has 1 aromatic rings. The third-order valence-electron chi connectivity index (χ3n) is 6.82. The van der Waals surface area contributed by atoms with Crippen molar-refractivity contribution in [2.45, 2.75) is 64.1 Å². The Morgan fingerprint density at radius 1 is 1.06 bits per heavy atom. The van der Waals surface area contributed by atoms with Gasteiger partial charge in [0.25, 0.3) is 0 Å². The number of halogens is 1. The van der Waals surface area contributed by atoms with Crippen molar-refractivity contribution >= 4 is 29.3 Å². The van der Waals surface area contributed by atoms with Crippen LogP contribution in [0.2, 0.25) is 0 Å². The van der Waals surface area contributed by atoms with E-state index in [1.54, 1.807) is 17.0 Å². The van der Waals surface area contributed by atoms with Crippen molar-refractivity contribution in [1.82, 2.24) is 15.1 Å². The third-order valence-corrected chi connectivity index (χ3v) is 6.82. The first-order valence-corrected chi connectivity index (χ1v) is 12.5. The molecule has 1 unspecified atom stereocenters. The first kappa shape index (κ1) is 25.2. The number of amides is 3. The van der Waals surface area contributed by atoms with E-state index in [1.165, 1.54) is 6.07 Å². The summed E-state index contributed by atoms with van der Waals surface area (Å²) < 4.78 is 20.4. The van der Waals surface area contributed by atoms with E-state index in [4.69, 9.17) is 4.74 Å². The standard InChI is InChI=1S/C25H36FN5O4/c1-25(2,3)35-24(34)31-14-12-29(13-15-31)18-8-10-30(11-9-18)21-6-4-17(16-19(21)26)27-20-5-7-22(32)28-23(20)33/h4,6,16,18,20,27H,5,7-15H2,1-3H3,(H,28,32,33). The first-order chi connectivity index (χ1) is 16.6. The molecule has 0 aromatic heterocycles. The van der Waals surface area contributed by atoms with Crippen LogP contribution in [0.4, 0.5) is 20.6 Å². The van der Waals surface area contributed by atoms with Crippen LogP contribution in [0.15, 0.2) is 18.2 Å². The summed E-state index contributed by atoms with van der Waals surface area (Å²) in [6, 6.07) is 4.84. The van der Waals surface area contributed by atoms with Gasteiger partial charge in [-0.25, -0.2) is 9.18 Å². The van der Waals surface area contributed by atoms with Gasteiger partial charge in [0.05, 0.1) is 5.69 Å². The number of hydrogen-bond acceptors (Lipinski definition) is 7. The summed E-state index contributed by atoms with van der Waals surface area (Å²) in [5.74, 6) is -0.977. The molecule has 3 aliphatic rings. The molecule has 0 radical (unpaired) electrons. The van der Waals surface area contributed by atoms with Crippen LogP contribution in [0, 0.1) is 5.82 Å². The van der Waals surface area contributed by atoms with Crippen LogP contribution in [0.25, 0.3) is 0 Å². The highest BCUT2D eigenvalue weighted by atomic mass is 19.1. The number of imide groups is 1. The van der Waals surface area contributed by atoms with E-state index in [0.717, 1.165) is 39.0 Å². The van der Waals surface area contributed by atoms with Crippen LogP contribution < -0.4 is 15.5 Å². The molecule has 0 aliphatic carbocycles. The fraction of sp³-hybridized carbons (Fsp3) is 0.640. The van der Waals surface area contributed by atoms with E-state index in [-0.39, 0.29) is 30.1 Å². The fourth-order valence-electron chi connectivity index (χ4n) is 4.95. The molecule has 9 nitrogen and oxygen atoms in total. The molecule has 2 N–H and O–H groups in total. The number of nitrogens with one attached hydrogen (secondary N) is 2. The van der Waals surface area contributed by atoms with Crippen molar-refractivity contribution in [2.75, 3.05) is 49.5 Å². The molecule has 10 heteroatoms. The van der Waals surface area contributed by atoms with Crippen LogP contribution >= 0.6 is 0 Å². The molecule has 0 bridgehead atoms. The van der Waals surface area contributed by atoms with Crippen molar-refractivity contribution in [3.05, 3.63) is 24.0 Å². The lowest BCUT2D eigenvalue weighted by Crippen LogP contribution is -2.55. The first-order valence-electron chi connectivity index (χ1n) is 12.5. The SMILES string of the molecule is CC(C)(C)OC(=O)N1CCN(C2CCN(c3ccc(NC4CCC(=O)NC4=O)cc3F)CC2)CC1. The Labute approximate surface area is 205 Å². The third kappa shape index (κ3) is 6.42. The second-order valence-corrected chi connectivity index (χ2v) is 10.5. The minimum Gasteiger partial charge on any atom is -0.444 e. The molecule has 35 heavy (non-hydrogen) atoms. The van der Waals surface area contributed by atoms with Gasteiger partial charge in [-0.3, -0.25) is 19.8 Å². The predicted octanol–water partition coefficient (Wildman–Crippen LogP) is 2.56. The summed E-state index contributed by atoms with van der Waals surface area (Å²) in [6.45, 7) is 10.1. The van der Waals surface area contributed by atoms with Crippen molar-refractivity contribution in [2.24, 2.45) is 0 Å². The highest BCUT2D eigenvalue weighted by Crippen LogP contribution is 2.28. The zero-order chi connectivity index (χ0) is 25.2. The molecule has 192 valence electrons. The zero-order valence-corrected chi connectivity index (χ0v) is 20.8. The minimum atomic E-state index is -0.538. The highest BCUT2D eigenvalue weighted by molar-refractivity contribution is 6.01. The Balaban J connectivity index is 1.25. The van der Waals surface area contributed by atoms with Crippen LogP contribution in [0.1, 0.15) is 46.5 Å². The largest absolute Gasteiger partial charge is 0.444 e. The van der Waals surface area contributed by atoms with Crippen LogP contribution in [0.5, 0.6) is 0 Å². The molecule has 1 atom stereocenters. The van der Waals surface area contributed by atoms with Gasteiger partial charge in [0, 0.05) is 57.4 Å². The van der Waals surface area contributed by atoms with E-state index < -0.39 is 11.6 Å². The Kier molecular flexibility index (Phi) is 7.49. The quantitative estimate of drug-likeness (QED) is 0.628. The van der Waals surface area contributed by atoms with Crippen molar-refractivity contribution < 1.29 is 23.5 Å². The normalized spacial score (nSPS) is 22.7. The van der Waals surface area contributed by atoms with Crippen LogP contribution in [-0.4, -0.2) is 84.7 Å². The van der Waals surface area contributed by atoms with E-state index in [0.29, 0.717) is 36.9 Å². The Morgan fingerprint density at radius 3 is 2.34 bits per heavy atom. The number of ether oxygens (including phenoxy) is 1. The lowest BCUT2D eigenvalue weighted by molar-refractivity contribution is -0.133. The summed E-state index contributed by atoms with van der Waals surface area (Å²) >= 11 is 0. The maximum absolute atomic E-state index is 14.9. The second kappa shape index (κ2) is 10.4. The topological polar surface area (TPSA) is 94.2 Å². The maximum Gasteiger partial charge on any atom is 0.410 e. The molecule has 3 amide bonds. The number of carbonyl (C=O) groups is 3. The van der Waals surface area contributed by atoms with Gasteiger partial charge in [0.15, 0.2) is 0 Å². The molecule has 0 saturated carbocycles. The van der Waals surface area contributed by atoms with E-state index >= 15 is 0 Å². The van der Waals surface area contributed by atoms with E-state index in [9.17, 15) is 18.8 Å². The Morgan fingerprint density at radius 2 is 1.74 bits per heavy atom. The molecule has 3 heterocycles. The summed E-state index contributed by atoms with van der Waals surface area (Å²) in [5.41, 5.74) is 0.598. The van der Waals surface area contributed by atoms with E-state index in [2.05, 4.69) is 20.4 Å². The molecule has 1 aromatic carbocycles. The number of nitrogens with zero attached hydrogens (tertiary/aromatic N) is 3. The monoisotopic (exact) mass is 489 g/mol. The van der Waals surface area contributed by atoms with Gasteiger partial charge >= 0.3 is 6.09 Å². The van der Waals surface area contributed by atoms with Gasteiger partial charge in [-0.1, -0.05) is 0 Å². The van der Waals surface area contributed by atoms with Crippen molar-refractivity contribution in [3.63, 3.8) is 0 Å². The number of piperazine rings is 1. The molecule has 0 spiro atoms. The Bertz CT molecular complexity index is 950. The summed E-state index contributed by atoms with van der Waals surface area (Å²) in [4.78, 5) is 41.8. The lowest BCUT2D eigenvalue weighted by atomic mass is 10.0. The molecule has 4 rings (SSSR count). The number of anilines is 2. The van der Waals surface area contributed by atoms with Gasteiger partial charge in [-0.05, 0) is 58.2 Å². The highest BCUT2D eigenvalue weighted by Gasteiger charge is 2.31. The van der Waals surface area contributed by atoms with Crippen molar-refractivity contribution in [3.8, 4) is 0 Å². The average Bonchev–Trinajstić information content (AvgIpc) is 2.80. The summed E-state index contributed by atoms with van der Waals surface area (Å²) in [6.07, 6.45) is 2.28. The number of hydrogen-bond donors (Lipinski definition) is 2. The number of rotatable bonds is 4. The molecule has 3 saturated heterocycles. The van der Waals surface area contributed by atoms with Gasteiger partial charge in [0.2, 0.25) is 11.8 Å². The molecule has 3 aliphatic heterocycles. The lowest BCUT2D eigenvalue weighted by Gasteiger charge is -2.43. The minimum absolute atomic E-state index is 0.252. The zero-order valence-electron chi connectivity index (χ0n) is 20.8. The van der Waals surface area contributed by atoms with Crippen LogP contribution in [0.3, 0.4) is 0 Å². The molecular formula is C25H36FN5O4. The van der Waals surface area contributed by atoms with Gasteiger partial charge < -0.3 is 19.9 Å². The number of benzene rings is 1. The number of carbonyl (C=O) groups excluding carboxylic acids is 3. The Hall–Kier alpha value is -2.88. The van der Waals surface area contributed by atoms with Gasteiger partial charge in [-0.15, -0.1) is 0 Å². The maximum atomic E-state index is 14.9. The number of piperidine rings is 2. The summed E-state index contributed by atoms with van der Waals surface area (Å²) in [7, 11) is 0. The smallest absolute Gasteiger partial charge is 0.410 e.